The van der Waals surface area contributed by atoms with Crippen LogP contribution in [0.5, 0.6) is 0 Å². The molecule has 128 valence electrons. The van der Waals surface area contributed by atoms with Crippen LogP contribution in [-0.4, -0.2) is 17.0 Å². The molecule has 0 unspecified atom stereocenters. The van der Waals surface area contributed by atoms with Gasteiger partial charge in [-0.2, -0.15) is 5.10 Å². The Kier molecular flexibility index (Phi) is 3.93. The summed E-state index contributed by atoms with van der Waals surface area (Å²) in [5.41, 5.74) is 6.36. The van der Waals surface area contributed by atoms with Crippen molar-refractivity contribution in [3.8, 4) is 0 Å². The predicted molar refractivity (Wildman–Crippen MR) is 99.5 cm³/mol. The van der Waals surface area contributed by atoms with Crippen LogP contribution in [0.15, 0.2) is 59.7 Å². The van der Waals surface area contributed by atoms with Gasteiger partial charge in [0.15, 0.2) is 0 Å². The molecule has 0 saturated heterocycles. The Morgan fingerprint density at radius 1 is 1.04 bits per heavy atom. The number of amides is 1. The van der Waals surface area contributed by atoms with Gasteiger partial charge in [0.1, 0.15) is 0 Å². The molecule has 0 aliphatic heterocycles. The molecule has 1 amide bonds. The van der Waals surface area contributed by atoms with Crippen molar-refractivity contribution in [2.75, 3.05) is 0 Å². The van der Waals surface area contributed by atoms with Crippen LogP contribution in [0.3, 0.4) is 0 Å². The Balaban J connectivity index is 1.53. The van der Waals surface area contributed by atoms with Crippen LogP contribution in [0.4, 0.5) is 5.69 Å². The molecule has 0 atom stereocenters. The van der Waals surface area contributed by atoms with Crippen molar-refractivity contribution in [1.82, 2.24) is 5.43 Å². The first-order valence-corrected chi connectivity index (χ1v) is 8.25. The molecule has 4 rings (SSSR count). The van der Waals surface area contributed by atoms with Gasteiger partial charge in [0, 0.05) is 23.3 Å². The summed E-state index contributed by atoms with van der Waals surface area (Å²) in [4.78, 5) is 22.3. The van der Waals surface area contributed by atoms with Crippen LogP contribution in [0.2, 0.25) is 0 Å². The predicted octanol–water partition coefficient (Wildman–Crippen LogP) is 3.61. The number of hydrazone groups is 1. The van der Waals surface area contributed by atoms with Gasteiger partial charge in [-0.05, 0) is 46.9 Å². The number of carbonyl (C=O) groups excluding carboxylic acids is 1. The average Bonchev–Trinajstić information content (AvgIpc) is 3.08. The van der Waals surface area contributed by atoms with Crippen LogP contribution in [0.1, 0.15) is 27.0 Å². The van der Waals surface area contributed by atoms with Gasteiger partial charge in [0.25, 0.3) is 11.6 Å². The van der Waals surface area contributed by atoms with E-state index >= 15 is 0 Å². The standard InChI is InChI=1S/C20H15N3O3/c24-20(15-8-10-17(11-9-15)23(25)26)22-21-12-16-7-6-14-5-4-13-2-1-3-18(16)19(13)14/h1-3,6-12H,4-5H2,(H,22,24)/b21-12-. The Bertz CT molecular complexity index is 1050. The lowest BCUT2D eigenvalue weighted by Crippen LogP contribution is -2.17. The summed E-state index contributed by atoms with van der Waals surface area (Å²) in [5.74, 6) is -0.415. The fraction of sp³-hybridized carbons (Fsp3) is 0.100. The van der Waals surface area contributed by atoms with Gasteiger partial charge >= 0.3 is 0 Å². The van der Waals surface area contributed by atoms with Crippen LogP contribution in [0, 0.1) is 10.1 Å². The summed E-state index contributed by atoms with van der Waals surface area (Å²) in [6.07, 6.45) is 3.75. The van der Waals surface area contributed by atoms with Crippen LogP contribution in [0.25, 0.3) is 10.8 Å². The van der Waals surface area contributed by atoms with Gasteiger partial charge in [-0.3, -0.25) is 14.9 Å². The highest BCUT2D eigenvalue weighted by Gasteiger charge is 2.15. The fourth-order valence-electron chi connectivity index (χ4n) is 3.34. The lowest BCUT2D eigenvalue weighted by Gasteiger charge is -2.05. The van der Waals surface area contributed by atoms with E-state index in [1.54, 1.807) is 6.21 Å². The lowest BCUT2D eigenvalue weighted by molar-refractivity contribution is -0.384. The number of hydrogen-bond acceptors (Lipinski definition) is 4. The fourth-order valence-corrected chi connectivity index (χ4v) is 3.34. The molecular weight excluding hydrogens is 330 g/mol. The van der Waals surface area contributed by atoms with E-state index < -0.39 is 10.8 Å². The number of nitro benzene ring substituents is 1. The molecule has 26 heavy (non-hydrogen) atoms. The van der Waals surface area contributed by atoms with Crippen molar-refractivity contribution >= 4 is 28.6 Å². The van der Waals surface area contributed by atoms with Crippen molar-refractivity contribution in [2.45, 2.75) is 12.8 Å². The highest BCUT2D eigenvalue weighted by Crippen LogP contribution is 2.32. The third-order valence-corrected chi connectivity index (χ3v) is 4.62. The van der Waals surface area contributed by atoms with Gasteiger partial charge in [0.05, 0.1) is 11.1 Å². The summed E-state index contributed by atoms with van der Waals surface area (Å²) in [6, 6.07) is 15.8. The second-order valence-corrected chi connectivity index (χ2v) is 6.16. The monoisotopic (exact) mass is 345 g/mol. The minimum atomic E-state index is -0.504. The highest BCUT2D eigenvalue weighted by molar-refractivity contribution is 6.03. The number of rotatable bonds is 4. The maximum atomic E-state index is 12.1. The minimum absolute atomic E-state index is 0.0575. The van der Waals surface area contributed by atoms with Gasteiger partial charge in [-0.15, -0.1) is 0 Å². The van der Waals surface area contributed by atoms with Gasteiger partial charge in [0.2, 0.25) is 0 Å². The van der Waals surface area contributed by atoms with Crippen molar-refractivity contribution in [3.63, 3.8) is 0 Å². The zero-order valence-corrected chi connectivity index (χ0v) is 13.8. The largest absolute Gasteiger partial charge is 0.271 e. The maximum Gasteiger partial charge on any atom is 0.271 e. The van der Waals surface area contributed by atoms with Gasteiger partial charge < -0.3 is 0 Å². The number of nitrogens with zero attached hydrogens (tertiary/aromatic N) is 2. The van der Waals surface area contributed by atoms with E-state index in [0.29, 0.717) is 5.56 Å². The van der Waals surface area contributed by atoms with Gasteiger partial charge in [-0.25, -0.2) is 5.43 Å². The summed E-state index contributed by atoms with van der Waals surface area (Å²) >= 11 is 0. The van der Waals surface area contributed by atoms with E-state index in [9.17, 15) is 14.9 Å². The van der Waals surface area contributed by atoms with E-state index in [1.165, 1.54) is 40.8 Å². The number of aryl methyl sites for hydroxylation is 2. The quantitative estimate of drug-likeness (QED) is 0.445. The van der Waals surface area contributed by atoms with E-state index in [1.807, 2.05) is 12.1 Å². The number of hydrogen-bond donors (Lipinski definition) is 1. The molecule has 0 radical (unpaired) electrons. The van der Waals surface area contributed by atoms with Crippen LogP contribution in [-0.2, 0) is 12.8 Å². The average molecular weight is 345 g/mol. The van der Waals surface area contributed by atoms with Crippen molar-refractivity contribution < 1.29 is 9.72 Å². The number of nitro groups is 1. The topological polar surface area (TPSA) is 84.6 Å². The minimum Gasteiger partial charge on any atom is -0.267 e. The Morgan fingerprint density at radius 3 is 2.50 bits per heavy atom. The summed E-state index contributed by atoms with van der Waals surface area (Å²) in [7, 11) is 0. The maximum absolute atomic E-state index is 12.1. The lowest BCUT2D eigenvalue weighted by atomic mass is 10.0. The van der Waals surface area contributed by atoms with E-state index in [0.717, 1.165) is 23.8 Å². The second kappa shape index (κ2) is 6.40. The second-order valence-electron chi connectivity index (χ2n) is 6.16. The number of nitrogens with one attached hydrogen (secondary N) is 1. The Labute approximate surface area is 149 Å². The Morgan fingerprint density at radius 2 is 1.77 bits per heavy atom. The van der Waals surface area contributed by atoms with Crippen molar-refractivity contribution in [2.24, 2.45) is 5.10 Å². The molecule has 0 heterocycles. The molecule has 0 spiro atoms. The molecule has 1 aliphatic carbocycles. The third kappa shape index (κ3) is 2.82. The molecule has 3 aromatic rings. The first-order valence-electron chi connectivity index (χ1n) is 8.25. The Hall–Kier alpha value is -3.54. The van der Waals surface area contributed by atoms with Crippen LogP contribution >= 0.6 is 0 Å². The SMILES string of the molecule is O=C(N/N=C\c1ccc2c3c(cccc13)CC2)c1ccc([N+](=O)[O-])cc1. The number of carbonyl (C=O) groups is 1. The van der Waals surface area contributed by atoms with E-state index in [-0.39, 0.29) is 5.69 Å². The first-order chi connectivity index (χ1) is 12.6. The molecule has 6 heteroatoms. The van der Waals surface area contributed by atoms with E-state index in [2.05, 4.69) is 28.7 Å². The third-order valence-electron chi connectivity index (χ3n) is 4.62. The molecule has 0 fully saturated rings. The molecule has 1 aliphatic rings. The molecule has 1 N–H and O–H groups in total. The van der Waals surface area contributed by atoms with Crippen molar-refractivity contribution in [1.29, 1.82) is 0 Å². The number of non-ortho nitro benzene ring substituents is 1. The van der Waals surface area contributed by atoms with E-state index in [4.69, 9.17) is 0 Å². The molecule has 0 aromatic heterocycles. The first kappa shape index (κ1) is 16.0. The molecule has 3 aromatic carbocycles. The summed E-state index contributed by atoms with van der Waals surface area (Å²) < 4.78 is 0. The normalized spacial score (nSPS) is 12.6. The molecule has 0 saturated carbocycles. The molecular formula is C20H15N3O3. The zero-order chi connectivity index (χ0) is 18.1. The summed E-state index contributed by atoms with van der Waals surface area (Å²) in [6.45, 7) is 0. The van der Waals surface area contributed by atoms with Gasteiger partial charge in [-0.1, -0.05) is 30.3 Å². The summed E-state index contributed by atoms with van der Waals surface area (Å²) in [5, 5.41) is 17.1. The van der Waals surface area contributed by atoms with Crippen LogP contribution < -0.4 is 5.43 Å². The highest BCUT2D eigenvalue weighted by atomic mass is 16.6. The smallest absolute Gasteiger partial charge is 0.267 e. The zero-order valence-electron chi connectivity index (χ0n) is 13.8. The molecule has 6 nitrogen and oxygen atoms in total. The van der Waals surface area contributed by atoms with Crippen molar-refractivity contribution in [3.05, 3.63) is 87.0 Å². The number of benzene rings is 3. The molecule has 0 bridgehead atoms.